The standard InChI is InChI=1S/C34H34N4O3/c1-4-16-38-22-30(28-6-5-7-29(28)34(38)40)32-15-11-26-21-25(10-14-31(26)35-32)24-8-12-27(13-9-24)41-20-19-37-18-17-36(3)33(39)23(37)2/h4-6,8-15,21-23H,1,7,16-20H2,2-3H3/t23-/m1/s1. The lowest BCUT2D eigenvalue weighted by molar-refractivity contribution is -0.139. The zero-order chi connectivity index (χ0) is 28.5. The van der Waals surface area contributed by atoms with E-state index in [9.17, 15) is 9.59 Å². The molecule has 208 valence electrons. The molecule has 0 spiro atoms. The van der Waals surface area contributed by atoms with Crippen molar-refractivity contribution in [3.8, 4) is 28.1 Å². The minimum absolute atomic E-state index is 0.0385. The van der Waals surface area contributed by atoms with Crippen molar-refractivity contribution < 1.29 is 9.53 Å². The Kier molecular flexibility index (Phi) is 7.28. The van der Waals surface area contributed by atoms with Gasteiger partial charge in [0.25, 0.3) is 5.56 Å². The second-order valence-corrected chi connectivity index (χ2v) is 10.7. The lowest BCUT2D eigenvalue weighted by Crippen LogP contribution is -2.55. The van der Waals surface area contributed by atoms with Crippen LogP contribution in [0.15, 0.2) is 84.3 Å². The zero-order valence-electron chi connectivity index (χ0n) is 23.5. The average Bonchev–Trinajstić information content (AvgIpc) is 3.49. The molecule has 1 aliphatic heterocycles. The van der Waals surface area contributed by atoms with Gasteiger partial charge in [-0.05, 0) is 60.4 Å². The third-order valence-corrected chi connectivity index (χ3v) is 8.16. The Balaban J connectivity index is 1.17. The summed E-state index contributed by atoms with van der Waals surface area (Å²) in [5.74, 6) is 0.978. The van der Waals surface area contributed by atoms with Crippen molar-refractivity contribution in [3.05, 3.63) is 101 Å². The largest absolute Gasteiger partial charge is 0.492 e. The van der Waals surface area contributed by atoms with Crippen LogP contribution in [0.1, 0.15) is 18.1 Å². The minimum atomic E-state index is -0.108. The summed E-state index contributed by atoms with van der Waals surface area (Å²) in [6, 6.07) is 18.4. The highest BCUT2D eigenvalue weighted by Gasteiger charge is 2.28. The van der Waals surface area contributed by atoms with Crippen molar-refractivity contribution in [1.82, 2.24) is 19.4 Å². The van der Waals surface area contributed by atoms with Crippen LogP contribution in [0.3, 0.4) is 0 Å². The predicted octanol–water partition coefficient (Wildman–Crippen LogP) is 5.03. The van der Waals surface area contributed by atoms with Gasteiger partial charge in [0.05, 0.1) is 17.3 Å². The lowest BCUT2D eigenvalue weighted by Gasteiger charge is -2.37. The molecule has 7 nitrogen and oxygen atoms in total. The number of nitrogens with zero attached hydrogens (tertiary/aromatic N) is 4. The Hall–Kier alpha value is -4.49. The average molecular weight is 547 g/mol. The molecule has 0 unspecified atom stereocenters. The van der Waals surface area contributed by atoms with Crippen molar-refractivity contribution in [2.24, 2.45) is 0 Å². The number of hydrogen-bond acceptors (Lipinski definition) is 5. The van der Waals surface area contributed by atoms with Crippen molar-refractivity contribution in [2.45, 2.75) is 25.9 Å². The highest BCUT2D eigenvalue weighted by molar-refractivity contribution is 5.88. The third-order valence-electron chi connectivity index (χ3n) is 8.16. The van der Waals surface area contributed by atoms with Gasteiger partial charge in [-0.2, -0.15) is 0 Å². The molecule has 1 aliphatic carbocycles. The van der Waals surface area contributed by atoms with Gasteiger partial charge in [0.1, 0.15) is 12.4 Å². The molecule has 0 saturated carbocycles. The minimum Gasteiger partial charge on any atom is -0.492 e. The van der Waals surface area contributed by atoms with Gasteiger partial charge in [-0.25, -0.2) is 4.98 Å². The number of allylic oxidation sites excluding steroid dienone is 2. The normalized spacial score (nSPS) is 16.8. The van der Waals surface area contributed by atoms with Crippen LogP contribution in [0.5, 0.6) is 5.75 Å². The van der Waals surface area contributed by atoms with Gasteiger partial charge in [-0.3, -0.25) is 14.5 Å². The summed E-state index contributed by atoms with van der Waals surface area (Å²) >= 11 is 0. The van der Waals surface area contributed by atoms with Crippen molar-refractivity contribution in [2.75, 3.05) is 33.3 Å². The quantitative estimate of drug-likeness (QED) is 0.290. The number of piperazine rings is 1. The summed E-state index contributed by atoms with van der Waals surface area (Å²) in [7, 11) is 1.86. The number of likely N-dealkylation sites (N-methyl/N-ethyl adjacent to an activating group) is 1. The van der Waals surface area contributed by atoms with E-state index >= 15 is 0 Å². The maximum atomic E-state index is 12.8. The van der Waals surface area contributed by atoms with E-state index in [2.05, 4.69) is 41.8 Å². The van der Waals surface area contributed by atoms with Crippen LogP contribution in [-0.2, 0) is 17.8 Å². The number of rotatable bonds is 8. The highest BCUT2D eigenvalue weighted by Crippen LogP contribution is 2.31. The number of benzene rings is 2. The van der Waals surface area contributed by atoms with Crippen molar-refractivity contribution >= 4 is 22.9 Å². The second-order valence-electron chi connectivity index (χ2n) is 10.7. The van der Waals surface area contributed by atoms with Crippen LogP contribution in [0.25, 0.3) is 39.4 Å². The Morgan fingerprint density at radius 1 is 1.05 bits per heavy atom. The summed E-state index contributed by atoms with van der Waals surface area (Å²) in [5.41, 5.74) is 6.74. The van der Waals surface area contributed by atoms with Crippen LogP contribution in [0, 0.1) is 0 Å². The van der Waals surface area contributed by atoms with E-state index in [1.165, 1.54) is 0 Å². The van der Waals surface area contributed by atoms with Gasteiger partial charge in [0, 0.05) is 55.9 Å². The molecule has 1 saturated heterocycles. The lowest BCUT2D eigenvalue weighted by atomic mass is 10.0. The van der Waals surface area contributed by atoms with E-state index in [-0.39, 0.29) is 17.5 Å². The molecule has 3 heterocycles. The number of ether oxygens (including phenoxy) is 1. The summed E-state index contributed by atoms with van der Waals surface area (Å²) in [6.45, 7) is 9.10. The van der Waals surface area contributed by atoms with E-state index in [0.717, 1.165) is 69.8 Å². The molecule has 1 amide bonds. The van der Waals surface area contributed by atoms with Gasteiger partial charge in [-0.1, -0.05) is 42.5 Å². The smallest absolute Gasteiger partial charge is 0.254 e. The van der Waals surface area contributed by atoms with Crippen LogP contribution in [-0.4, -0.2) is 64.6 Å². The van der Waals surface area contributed by atoms with E-state index in [0.29, 0.717) is 19.6 Å². The summed E-state index contributed by atoms with van der Waals surface area (Å²) < 4.78 is 7.70. The number of amides is 1. The molecule has 2 aromatic carbocycles. The number of carbonyl (C=O) groups is 1. The fourth-order valence-electron chi connectivity index (χ4n) is 5.74. The third kappa shape index (κ3) is 5.21. The fraction of sp³-hybridized carbons (Fsp3) is 0.265. The summed E-state index contributed by atoms with van der Waals surface area (Å²) in [6.07, 6.45) is 8.35. The van der Waals surface area contributed by atoms with Crippen molar-refractivity contribution in [3.63, 3.8) is 0 Å². The molecule has 1 fully saturated rings. The molecular weight excluding hydrogens is 512 g/mol. The number of fused-ring (bicyclic) bond motifs is 2. The Morgan fingerprint density at radius 3 is 2.66 bits per heavy atom. The molecule has 2 aromatic heterocycles. The van der Waals surface area contributed by atoms with Gasteiger partial charge < -0.3 is 14.2 Å². The fourth-order valence-corrected chi connectivity index (χ4v) is 5.74. The molecule has 0 bridgehead atoms. The molecule has 1 atom stereocenters. The predicted molar refractivity (Wildman–Crippen MR) is 164 cm³/mol. The van der Waals surface area contributed by atoms with Gasteiger partial charge in [0.2, 0.25) is 5.91 Å². The Bertz CT molecular complexity index is 1720. The van der Waals surface area contributed by atoms with E-state index in [1.54, 1.807) is 15.5 Å². The highest BCUT2D eigenvalue weighted by atomic mass is 16.5. The van der Waals surface area contributed by atoms with Crippen LogP contribution < -0.4 is 10.3 Å². The van der Waals surface area contributed by atoms with E-state index in [1.807, 2.05) is 56.6 Å². The van der Waals surface area contributed by atoms with Crippen LogP contribution >= 0.6 is 0 Å². The number of pyridine rings is 2. The summed E-state index contributed by atoms with van der Waals surface area (Å²) in [5, 5.41) is 1.05. The molecule has 6 rings (SSSR count). The molecule has 4 aromatic rings. The monoisotopic (exact) mass is 546 g/mol. The van der Waals surface area contributed by atoms with Gasteiger partial charge in [0.15, 0.2) is 0 Å². The molecule has 0 N–H and O–H groups in total. The first-order chi connectivity index (χ1) is 19.9. The van der Waals surface area contributed by atoms with Gasteiger partial charge in [-0.15, -0.1) is 6.58 Å². The summed E-state index contributed by atoms with van der Waals surface area (Å²) in [4.78, 5) is 34.0. The first kappa shape index (κ1) is 26.7. The number of aromatic nitrogens is 2. The number of carbonyl (C=O) groups excluding carboxylic acids is 1. The Morgan fingerprint density at radius 2 is 1.85 bits per heavy atom. The van der Waals surface area contributed by atoms with E-state index in [4.69, 9.17) is 9.72 Å². The van der Waals surface area contributed by atoms with Gasteiger partial charge >= 0.3 is 0 Å². The Labute approximate surface area is 240 Å². The number of hydrogen-bond donors (Lipinski definition) is 0. The van der Waals surface area contributed by atoms with Crippen LogP contribution in [0.4, 0.5) is 0 Å². The first-order valence-corrected chi connectivity index (χ1v) is 14.1. The molecule has 7 heteroatoms. The van der Waals surface area contributed by atoms with Crippen LogP contribution in [0.2, 0.25) is 0 Å². The maximum absolute atomic E-state index is 12.8. The molecular formula is C34H34N4O3. The molecule has 0 radical (unpaired) electrons. The zero-order valence-corrected chi connectivity index (χ0v) is 23.5. The topological polar surface area (TPSA) is 67.7 Å². The second kappa shape index (κ2) is 11.2. The first-order valence-electron chi connectivity index (χ1n) is 14.1. The van der Waals surface area contributed by atoms with E-state index < -0.39 is 0 Å². The molecule has 2 aliphatic rings. The maximum Gasteiger partial charge on any atom is 0.254 e. The SMILES string of the molecule is C=CCn1cc(-c2ccc3cc(-c4ccc(OCCN5CCN(C)C(=O)[C@H]5C)cc4)ccc3n2)c2c(c1=O)CC=C2. The molecule has 41 heavy (non-hydrogen) atoms. The van der Waals surface area contributed by atoms with Crippen molar-refractivity contribution in [1.29, 1.82) is 0 Å².